The van der Waals surface area contributed by atoms with Crippen LogP contribution in [0.25, 0.3) is 5.69 Å². The highest BCUT2D eigenvalue weighted by Crippen LogP contribution is 2.24. The van der Waals surface area contributed by atoms with Crippen LogP contribution in [0.1, 0.15) is 29.9 Å². The third-order valence-corrected chi connectivity index (χ3v) is 3.68. The Kier molecular flexibility index (Phi) is 3.92. The van der Waals surface area contributed by atoms with Crippen molar-refractivity contribution in [2.45, 2.75) is 26.7 Å². The monoisotopic (exact) mass is 311 g/mol. The lowest BCUT2D eigenvalue weighted by Gasteiger charge is -2.10. The molecule has 0 bridgehead atoms. The fourth-order valence-electron chi connectivity index (χ4n) is 2.50. The molecular formula is C16H17N5O2. The van der Waals surface area contributed by atoms with Gasteiger partial charge in [-0.25, -0.2) is 4.68 Å². The summed E-state index contributed by atoms with van der Waals surface area (Å²) >= 11 is 0. The average Bonchev–Trinajstić information content (AvgIpc) is 3.14. The number of para-hydroxylation sites is 1. The van der Waals surface area contributed by atoms with E-state index in [0.29, 0.717) is 11.6 Å². The van der Waals surface area contributed by atoms with Crippen LogP contribution in [0, 0.1) is 13.8 Å². The lowest BCUT2D eigenvalue weighted by atomic mass is 9.99. The fourth-order valence-corrected chi connectivity index (χ4v) is 2.50. The molecule has 0 aliphatic rings. The molecule has 0 saturated heterocycles. The Morgan fingerprint density at radius 3 is 2.65 bits per heavy atom. The predicted octanol–water partition coefficient (Wildman–Crippen LogP) is 2.61. The lowest BCUT2D eigenvalue weighted by molar-refractivity contribution is -0.117. The van der Waals surface area contributed by atoms with Crippen LogP contribution in [0.5, 0.6) is 0 Å². The van der Waals surface area contributed by atoms with Crippen LogP contribution in [0.2, 0.25) is 0 Å². The minimum Gasteiger partial charge on any atom is -0.361 e. The van der Waals surface area contributed by atoms with Crippen molar-refractivity contribution in [1.82, 2.24) is 20.2 Å². The molecule has 7 nitrogen and oxygen atoms in total. The summed E-state index contributed by atoms with van der Waals surface area (Å²) in [5, 5.41) is 14.7. The summed E-state index contributed by atoms with van der Waals surface area (Å²) in [6.07, 6.45) is 1.67. The summed E-state index contributed by atoms with van der Waals surface area (Å²) in [6.45, 7) is 5.43. The average molecular weight is 311 g/mol. The molecule has 118 valence electrons. The molecule has 3 rings (SSSR count). The Bertz CT molecular complexity index is 803. The molecule has 2 aromatic heterocycles. The smallest absolute Gasteiger partial charge is 0.233 e. The SMILES string of the molecule is Cc1noc(C)c1C(C)C(=O)Nc1cn(-c2ccccc2)nn1. The molecule has 3 aromatic rings. The minimum atomic E-state index is -0.386. The zero-order valence-electron chi connectivity index (χ0n) is 13.1. The van der Waals surface area contributed by atoms with E-state index in [4.69, 9.17) is 4.52 Å². The second-order valence-corrected chi connectivity index (χ2v) is 5.33. The molecule has 1 amide bonds. The summed E-state index contributed by atoms with van der Waals surface area (Å²) in [5.41, 5.74) is 2.40. The standard InChI is InChI=1S/C16H17N5O2/c1-10(15-11(2)19-23-12(15)3)16(22)17-14-9-21(20-18-14)13-7-5-4-6-8-13/h4-10H,1-3H3,(H,17,22). The zero-order valence-corrected chi connectivity index (χ0v) is 13.1. The summed E-state index contributed by atoms with van der Waals surface area (Å²) in [4.78, 5) is 12.4. The summed E-state index contributed by atoms with van der Waals surface area (Å²) < 4.78 is 6.72. The van der Waals surface area contributed by atoms with E-state index in [2.05, 4.69) is 20.8 Å². The van der Waals surface area contributed by atoms with Gasteiger partial charge in [0.25, 0.3) is 0 Å². The number of amides is 1. The van der Waals surface area contributed by atoms with Gasteiger partial charge in [0.05, 0.1) is 23.5 Å². The van der Waals surface area contributed by atoms with Crippen molar-refractivity contribution < 1.29 is 9.32 Å². The maximum absolute atomic E-state index is 12.4. The highest BCUT2D eigenvalue weighted by molar-refractivity contribution is 5.95. The molecule has 1 atom stereocenters. The molecule has 1 unspecified atom stereocenters. The van der Waals surface area contributed by atoms with Crippen molar-refractivity contribution in [1.29, 1.82) is 0 Å². The Balaban J connectivity index is 1.75. The number of hydrogen-bond donors (Lipinski definition) is 1. The highest BCUT2D eigenvalue weighted by Gasteiger charge is 2.23. The van der Waals surface area contributed by atoms with Crippen LogP contribution >= 0.6 is 0 Å². The van der Waals surface area contributed by atoms with Gasteiger partial charge in [-0.3, -0.25) is 4.79 Å². The van der Waals surface area contributed by atoms with E-state index < -0.39 is 0 Å². The number of nitrogens with zero attached hydrogens (tertiary/aromatic N) is 4. The van der Waals surface area contributed by atoms with Crippen LogP contribution in [-0.2, 0) is 4.79 Å². The van der Waals surface area contributed by atoms with E-state index in [-0.39, 0.29) is 11.8 Å². The molecule has 0 aliphatic heterocycles. The molecule has 0 fully saturated rings. The van der Waals surface area contributed by atoms with Crippen LogP contribution in [0.3, 0.4) is 0 Å². The maximum Gasteiger partial charge on any atom is 0.233 e. The maximum atomic E-state index is 12.4. The van der Waals surface area contributed by atoms with Gasteiger partial charge in [-0.1, -0.05) is 28.6 Å². The molecule has 1 aromatic carbocycles. The Hall–Kier alpha value is -2.96. The first-order valence-electron chi connectivity index (χ1n) is 7.27. The summed E-state index contributed by atoms with van der Waals surface area (Å²) in [7, 11) is 0. The fraction of sp³-hybridized carbons (Fsp3) is 0.250. The van der Waals surface area contributed by atoms with Gasteiger partial charge in [0.1, 0.15) is 5.76 Å². The van der Waals surface area contributed by atoms with E-state index in [0.717, 1.165) is 16.9 Å². The first-order chi connectivity index (χ1) is 11.1. The van der Waals surface area contributed by atoms with Crippen LogP contribution in [0.4, 0.5) is 5.82 Å². The van der Waals surface area contributed by atoms with Crippen molar-refractivity contribution >= 4 is 11.7 Å². The summed E-state index contributed by atoms with van der Waals surface area (Å²) in [6, 6.07) is 9.57. The van der Waals surface area contributed by atoms with Gasteiger partial charge in [-0.05, 0) is 32.9 Å². The van der Waals surface area contributed by atoms with E-state index in [9.17, 15) is 4.79 Å². The number of rotatable bonds is 4. The van der Waals surface area contributed by atoms with E-state index >= 15 is 0 Å². The number of carbonyl (C=O) groups excluding carboxylic acids is 1. The van der Waals surface area contributed by atoms with Crippen LogP contribution in [-0.4, -0.2) is 26.1 Å². The number of nitrogens with one attached hydrogen (secondary N) is 1. The molecular weight excluding hydrogens is 294 g/mol. The number of aryl methyl sites for hydroxylation is 2. The number of hydrogen-bond acceptors (Lipinski definition) is 5. The number of carbonyl (C=O) groups is 1. The van der Waals surface area contributed by atoms with Crippen molar-refractivity contribution in [2.75, 3.05) is 5.32 Å². The van der Waals surface area contributed by atoms with Gasteiger partial charge in [-0.2, -0.15) is 0 Å². The number of anilines is 1. The Morgan fingerprint density at radius 2 is 2.00 bits per heavy atom. The highest BCUT2D eigenvalue weighted by atomic mass is 16.5. The largest absolute Gasteiger partial charge is 0.361 e. The van der Waals surface area contributed by atoms with Gasteiger partial charge in [0.2, 0.25) is 5.91 Å². The normalized spacial score (nSPS) is 12.1. The van der Waals surface area contributed by atoms with Gasteiger partial charge >= 0.3 is 0 Å². The van der Waals surface area contributed by atoms with E-state index in [1.54, 1.807) is 17.8 Å². The van der Waals surface area contributed by atoms with E-state index in [1.165, 1.54) is 0 Å². The van der Waals surface area contributed by atoms with Gasteiger partial charge < -0.3 is 9.84 Å². The molecule has 7 heteroatoms. The van der Waals surface area contributed by atoms with Gasteiger partial charge in [0.15, 0.2) is 5.82 Å². The topological polar surface area (TPSA) is 85.8 Å². The second kappa shape index (κ2) is 6.04. The molecule has 0 radical (unpaired) electrons. The van der Waals surface area contributed by atoms with Crippen molar-refractivity contribution in [2.24, 2.45) is 0 Å². The van der Waals surface area contributed by atoms with Crippen LogP contribution < -0.4 is 5.32 Å². The Morgan fingerprint density at radius 1 is 1.26 bits per heavy atom. The second-order valence-electron chi connectivity index (χ2n) is 5.33. The third-order valence-electron chi connectivity index (χ3n) is 3.68. The molecule has 23 heavy (non-hydrogen) atoms. The number of aromatic nitrogens is 4. The van der Waals surface area contributed by atoms with Gasteiger partial charge in [-0.15, -0.1) is 5.10 Å². The minimum absolute atomic E-state index is 0.181. The molecule has 0 aliphatic carbocycles. The van der Waals surface area contributed by atoms with Crippen LogP contribution in [0.15, 0.2) is 41.1 Å². The first kappa shape index (κ1) is 15.0. The van der Waals surface area contributed by atoms with Crippen molar-refractivity contribution in [3.8, 4) is 5.69 Å². The molecule has 0 spiro atoms. The first-order valence-corrected chi connectivity index (χ1v) is 7.27. The molecule has 2 heterocycles. The van der Waals surface area contributed by atoms with E-state index in [1.807, 2.05) is 44.2 Å². The van der Waals surface area contributed by atoms with Crippen molar-refractivity contribution in [3.63, 3.8) is 0 Å². The zero-order chi connectivity index (χ0) is 16.4. The molecule has 1 N–H and O–H groups in total. The quantitative estimate of drug-likeness (QED) is 0.800. The Labute approximate surface area is 133 Å². The van der Waals surface area contributed by atoms with Crippen molar-refractivity contribution in [3.05, 3.63) is 53.5 Å². The number of benzene rings is 1. The summed E-state index contributed by atoms with van der Waals surface area (Å²) in [5.74, 6) is 0.484. The third kappa shape index (κ3) is 2.98. The van der Waals surface area contributed by atoms with Gasteiger partial charge in [0, 0.05) is 5.56 Å². The molecule has 0 saturated carbocycles. The lowest BCUT2D eigenvalue weighted by Crippen LogP contribution is -2.20. The predicted molar refractivity (Wildman–Crippen MR) is 84.4 cm³/mol.